The van der Waals surface area contributed by atoms with Crippen LogP contribution in [0.3, 0.4) is 0 Å². The molecular formula is C23H27N3O2. The number of fused-ring (bicyclic) bond motifs is 1. The molecule has 0 unspecified atom stereocenters. The van der Waals surface area contributed by atoms with Crippen molar-refractivity contribution >= 4 is 17.9 Å². The Kier molecular flexibility index (Phi) is 6.98. The molecular weight excluding hydrogens is 350 g/mol. The molecule has 0 fully saturated rings. The van der Waals surface area contributed by atoms with Gasteiger partial charge in [0.15, 0.2) is 0 Å². The highest BCUT2D eigenvalue weighted by atomic mass is 16.2. The lowest BCUT2D eigenvalue weighted by atomic mass is 10.00. The van der Waals surface area contributed by atoms with Gasteiger partial charge in [0.25, 0.3) is 0 Å². The van der Waals surface area contributed by atoms with Gasteiger partial charge in [-0.15, -0.1) is 0 Å². The van der Waals surface area contributed by atoms with Crippen LogP contribution < -0.4 is 10.6 Å². The first kappa shape index (κ1) is 19.8. The van der Waals surface area contributed by atoms with Crippen molar-refractivity contribution in [2.45, 2.75) is 25.9 Å². The number of nitrogens with zero attached hydrogens (tertiary/aromatic N) is 1. The minimum absolute atomic E-state index is 0.168. The molecule has 1 aliphatic heterocycles. The molecule has 1 aliphatic rings. The number of rotatable bonds is 7. The Bertz CT molecular complexity index is 833. The van der Waals surface area contributed by atoms with Crippen LogP contribution in [-0.4, -0.2) is 42.4 Å². The molecule has 0 radical (unpaired) electrons. The summed E-state index contributed by atoms with van der Waals surface area (Å²) in [4.78, 5) is 26.5. The molecule has 2 amide bonds. The molecule has 3 rings (SSSR count). The van der Waals surface area contributed by atoms with Crippen LogP contribution in [-0.2, 0) is 22.6 Å². The fourth-order valence-corrected chi connectivity index (χ4v) is 3.30. The van der Waals surface area contributed by atoms with Crippen LogP contribution in [0.25, 0.3) is 6.08 Å². The average Bonchev–Trinajstić information content (AvgIpc) is 2.73. The van der Waals surface area contributed by atoms with Crippen LogP contribution in [0.5, 0.6) is 0 Å². The van der Waals surface area contributed by atoms with E-state index in [2.05, 4.69) is 39.8 Å². The monoisotopic (exact) mass is 377 g/mol. The lowest BCUT2D eigenvalue weighted by Gasteiger charge is -2.28. The van der Waals surface area contributed by atoms with Gasteiger partial charge in [-0.2, -0.15) is 0 Å². The Hall–Kier alpha value is -2.92. The summed E-state index contributed by atoms with van der Waals surface area (Å²) >= 11 is 0. The Balaban J connectivity index is 1.37. The normalized spacial score (nSPS) is 15.0. The Morgan fingerprint density at radius 2 is 1.79 bits per heavy atom. The Labute approximate surface area is 166 Å². The molecule has 0 spiro atoms. The minimum atomic E-state index is -0.574. The van der Waals surface area contributed by atoms with E-state index in [0.717, 1.165) is 31.6 Å². The van der Waals surface area contributed by atoms with Gasteiger partial charge in [-0.05, 0) is 36.1 Å². The summed E-state index contributed by atoms with van der Waals surface area (Å²) in [5, 5.41) is 5.61. The maximum absolute atomic E-state index is 12.2. The van der Waals surface area contributed by atoms with Crippen LogP contribution in [0.2, 0.25) is 0 Å². The number of nitrogens with one attached hydrogen (secondary N) is 2. The molecule has 2 N–H and O–H groups in total. The summed E-state index contributed by atoms with van der Waals surface area (Å²) in [6, 6.07) is 17.5. The summed E-state index contributed by atoms with van der Waals surface area (Å²) in [5.41, 5.74) is 3.73. The van der Waals surface area contributed by atoms with Crippen molar-refractivity contribution in [1.82, 2.24) is 15.5 Å². The number of carbonyl (C=O) groups excluding carboxylic acids is 2. The van der Waals surface area contributed by atoms with Gasteiger partial charge in [0.1, 0.15) is 6.04 Å². The molecule has 0 aromatic heterocycles. The lowest BCUT2D eigenvalue weighted by Crippen LogP contribution is -2.46. The van der Waals surface area contributed by atoms with E-state index in [1.807, 2.05) is 30.3 Å². The standard InChI is InChI=1S/C23H27N3O2/c1-18(25-22(27)12-11-19-7-3-2-4-8-19)23(28)24-14-16-26-15-13-20-9-5-6-10-21(20)17-26/h2-12,18H,13-17H2,1H3,(H,24,28)(H,25,27)/b12-11+/t18-/m0/s1. The van der Waals surface area contributed by atoms with E-state index in [4.69, 9.17) is 0 Å². The second-order valence-corrected chi connectivity index (χ2v) is 7.06. The summed E-state index contributed by atoms with van der Waals surface area (Å²) in [6.45, 7) is 4.99. The lowest BCUT2D eigenvalue weighted by molar-refractivity contribution is -0.126. The van der Waals surface area contributed by atoms with E-state index in [1.54, 1.807) is 13.0 Å². The van der Waals surface area contributed by atoms with Crippen molar-refractivity contribution in [3.63, 3.8) is 0 Å². The third kappa shape index (κ3) is 5.79. The molecule has 146 valence electrons. The fourth-order valence-electron chi connectivity index (χ4n) is 3.30. The van der Waals surface area contributed by atoms with Crippen LogP contribution in [0, 0.1) is 0 Å². The Morgan fingerprint density at radius 3 is 2.57 bits per heavy atom. The molecule has 2 aromatic rings. The summed E-state index contributed by atoms with van der Waals surface area (Å²) in [7, 11) is 0. The van der Waals surface area contributed by atoms with Crippen molar-refractivity contribution in [2.75, 3.05) is 19.6 Å². The molecule has 0 aliphatic carbocycles. The zero-order valence-electron chi connectivity index (χ0n) is 16.2. The van der Waals surface area contributed by atoms with Crippen molar-refractivity contribution in [3.8, 4) is 0 Å². The molecule has 1 heterocycles. The van der Waals surface area contributed by atoms with Crippen molar-refractivity contribution in [1.29, 1.82) is 0 Å². The van der Waals surface area contributed by atoms with Gasteiger partial charge in [0.05, 0.1) is 0 Å². The van der Waals surface area contributed by atoms with Gasteiger partial charge in [0, 0.05) is 32.3 Å². The first-order valence-electron chi connectivity index (χ1n) is 9.72. The minimum Gasteiger partial charge on any atom is -0.353 e. The molecule has 5 heteroatoms. The van der Waals surface area contributed by atoms with E-state index >= 15 is 0 Å². The van der Waals surface area contributed by atoms with Gasteiger partial charge < -0.3 is 10.6 Å². The third-order valence-corrected chi connectivity index (χ3v) is 4.92. The van der Waals surface area contributed by atoms with Gasteiger partial charge in [-0.3, -0.25) is 14.5 Å². The highest BCUT2D eigenvalue weighted by Crippen LogP contribution is 2.17. The predicted octanol–water partition coefficient (Wildman–Crippen LogP) is 2.38. The molecule has 0 saturated heterocycles. The zero-order chi connectivity index (χ0) is 19.8. The van der Waals surface area contributed by atoms with Crippen LogP contribution in [0.4, 0.5) is 0 Å². The summed E-state index contributed by atoms with van der Waals surface area (Å²) < 4.78 is 0. The maximum atomic E-state index is 12.2. The molecule has 0 bridgehead atoms. The first-order valence-corrected chi connectivity index (χ1v) is 9.72. The van der Waals surface area contributed by atoms with E-state index in [-0.39, 0.29) is 11.8 Å². The fraction of sp³-hybridized carbons (Fsp3) is 0.304. The van der Waals surface area contributed by atoms with Gasteiger partial charge in [-0.25, -0.2) is 0 Å². The van der Waals surface area contributed by atoms with Gasteiger partial charge in [0.2, 0.25) is 11.8 Å². The smallest absolute Gasteiger partial charge is 0.244 e. The van der Waals surface area contributed by atoms with Gasteiger partial charge >= 0.3 is 0 Å². The molecule has 0 saturated carbocycles. The largest absolute Gasteiger partial charge is 0.353 e. The van der Waals surface area contributed by atoms with E-state index in [0.29, 0.717) is 6.54 Å². The SMILES string of the molecule is C[C@H](NC(=O)/C=C/c1ccccc1)C(=O)NCCN1CCc2ccccc2C1. The highest BCUT2D eigenvalue weighted by molar-refractivity contribution is 5.95. The predicted molar refractivity (Wildman–Crippen MR) is 112 cm³/mol. The van der Waals surface area contributed by atoms with E-state index < -0.39 is 6.04 Å². The van der Waals surface area contributed by atoms with Crippen LogP contribution in [0.15, 0.2) is 60.7 Å². The number of hydrogen-bond acceptors (Lipinski definition) is 3. The van der Waals surface area contributed by atoms with Crippen LogP contribution in [0.1, 0.15) is 23.6 Å². The quantitative estimate of drug-likeness (QED) is 0.729. The number of hydrogen-bond donors (Lipinski definition) is 2. The zero-order valence-corrected chi connectivity index (χ0v) is 16.2. The van der Waals surface area contributed by atoms with E-state index in [9.17, 15) is 9.59 Å². The number of carbonyl (C=O) groups is 2. The highest BCUT2D eigenvalue weighted by Gasteiger charge is 2.17. The maximum Gasteiger partial charge on any atom is 0.244 e. The second-order valence-electron chi connectivity index (χ2n) is 7.06. The second kappa shape index (κ2) is 9.85. The summed E-state index contributed by atoms with van der Waals surface area (Å²) in [6.07, 6.45) is 4.22. The molecule has 28 heavy (non-hydrogen) atoms. The Morgan fingerprint density at radius 1 is 1.07 bits per heavy atom. The van der Waals surface area contributed by atoms with E-state index in [1.165, 1.54) is 17.2 Å². The third-order valence-electron chi connectivity index (χ3n) is 4.92. The van der Waals surface area contributed by atoms with Gasteiger partial charge in [-0.1, -0.05) is 54.6 Å². The topological polar surface area (TPSA) is 61.4 Å². The summed E-state index contributed by atoms with van der Waals surface area (Å²) in [5.74, 6) is -0.446. The molecule has 5 nitrogen and oxygen atoms in total. The van der Waals surface area contributed by atoms with Crippen molar-refractivity contribution in [2.24, 2.45) is 0 Å². The first-order chi connectivity index (χ1) is 13.6. The van der Waals surface area contributed by atoms with Crippen molar-refractivity contribution in [3.05, 3.63) is 77.4 Å². The van der Waals surface area contributed by atoms with Crippen LogP contribution >= 0.6 is 0 Å². The average molecular weight is 377 g/mol. The van der Waals surface area contributed by atoms with Crippen molar-refractivity contribution < 1.29 is 9.59 Å². The number of benzene rings is 2. The number of amides is 2. The molecule has 1 atom stereocenters. The molecule has 2 aromatic carbocycles.